The zero-order valence-corrected chi connectivity index (χ0v) is 19.5. The molecule has 2 aromatic rings. The van der Waals surface area contributed by atoms with Crippen LogP contribution < -0.4 is 10.1 Å². The number of amides is 2. The molecule has 1 atom stereocenters. The van der Waals surface area contributed by atoms with E-state index in [-0.39, 0.29) is 30.2 Å². The van der Waals surface area contributed by atoms with Crippen LogP contribution in [0.5, 0.6) is 5.88 Å². The molecule has 1 N–H and O–H groups in total. The third-order valence-corrected chi connectivity index (χ3v) is 6.32. The van der Waals surface area contributed by atoms with Gasteiger partial charge in [-0.3, -0.25) is 9.59 Å². The zero-order valence-electron chi connectivity index (χ0n) is 19.5. The van der Waals surface area contributed by atoms with E-state index in [0.717, 1.165) is 12.8 Å². The van der Waals surface area contributed by atoms with Gasteiger partial charge in [-0.1, -0.05) is 0 Å². The van der Waals surface area contributed by atoms with Gasteiger partial charge in [0.25, 0.3) is 5.91 Å². The minimum Gasteiger partial charge on any atom is -0.468 e. The summed E-state index contributed by atoms with van der Waals surface area (Å²) in [6.07, 6.45) is 0.494. The van der Waals surface area contributed by atoms with Gasteiger partial charge in [0.15, 0.2) is 6.61 Å². The van der Waals surface area contributed by atoms with Gasteiger partial charge in [0, 0.05) is 48.7 Å². The molecule has 0 spiro atoms. The molecule has 188 valence electrons. The number of aryl methyl sites for hydroxylation is 1. The summed E-state index contributed by atoms with van der Waals surface area (Å²) in [6, 6.07) is 2.87. The number of hydrogen-bond acceptors (Lipinski definition) is 6. The second kappa shape index (κ2) is 10.2. The number of aromatic nitrogens is 2. The highest BCUT2D eigenvalue weighted by Gasteiger charge is 2.34. The number of hydrogen-bond donors (Lipinski definition) is 1. The predicted octanol–water partition coefficient (Wildman–Crippen LogP) is 4.20. The largest absolute Gasteiger partial charge is 0.468 e. The number of anilines is 1. The molecule has 11 heteroatoms. The molecule has 2 aliphatic heterocycles. The van der Waals surface area contributed by atoms with Gasteiger partial charge >= 0.3 is 6.18 Å². The topological polar surface area (TPSA) is 93.7 Å². The van der Waals surface area contributed by atoms with Crippen molar-refractivity contribution in [1.82, 2.24) is 14.9 Å². The number of nitrogens with zero attached hydrogens (tertiary/aromatic N) is 3. The summed E-state index contributed by atoms with van der Waals surface area (Å²) in [5.74, 6) is 0.161. The summed E-state index contributed by atoms with van der Waals surface area (Å²) in [6.45, 7) is 3.54. The van der Waals surface area contributed by atoms with E-state index in [1.165, 1.54) is 12.4 Å². The van der Waals surface area contributed by atoms with Crippen molar-refractivity contribution in [2.24, 2.45) is 5.92 Å². The van der Waals surface area contributed by atoms with E-state index < -0.39 is 18.8 Å². The van der Waals surface area contributed by atoms with Crippen molar-refractivity contribution in [2.45, 2.75) is 51.9 Å². The van der Waals surface area contributed by atoms with Gasteiger partial charge in [-0.25, -0.2) is 9.97 Å². The lowest BCUT2D eigenvalue weighted by molar-refractivity contribution is -0.154. The number of halogens is 3. The Morgan fingerprint density at radius 1 is 1.31 bits per heavy atom. The monoisotopic (exact) mass is 492 g/mol. The molecule has 0 aromatic carbocycles. The van der Waals surface area contributed by atoms with Crippen LogP contribution in [0.3, 0.4) is 0 Å². The van der Waals surface area contributed by atoms with E-state index in [1.807, 2.05) is 6.92 Å². The number of carbonyl (C=O) groups excluding carboxylic acids is 2. The van der Waals surface area contributed by atoms with Crippen LogP contribution in [-0.2, 0) is 16.1 Å². The Bertz CT molecular complexity index is 1100. The maximum Gasteiger partial charge on any atom is 0.422 e. The van der Waals surface area contributed by atoms with Crippen LogP contribution in [0.15, 0.2) is 24.5 Å². The highest BCUT2D eigenvalue weighted by atomic mass is 19.4. The number of rotatable bonds is 7. The fourth-order valence-electron chi connectivity index (χ4n) is 4.36. The first kappa shape index (κ1) is 24.9. The number of alkyl halides is 3. The molecule has 1 saturated heterocycles. The maximum atomic E-state index is 13.1. The van der Waals surface area contributed by atoms with Crippen molar-refractivity contribution in [3.63, 3.8) is 0 Å². The van der Waals surface area contributed by atoms with E-state index in [4.69, 9.17) is 9.47 Å². The third-order valence-electron chi connectivity index (χ3n) is 6.32. The van der Waals surface area contributed by atoms with Crippen molar-refractivity contribution in [2.75, 3.05) is 25.1 Å². The maximum absolute atomic E-state index is 13.1. The Morgan fingerprint density at radius 3 is 2.74 bits per heavy atom. The summed E-state index contributed by atoms with van der Waals surface area (Å²) < 4.78 is 47.5. The van der Waals surface area contributed by atoms with Crippen molar-refractivity contribution in [1.29, 1.82) is 0 Å². The summed E-state index contributed by atoms with van der Waals surface area (Å²) in [5, 5.41) is 2.86. The molecule has 35 heavy (non-hydrogen) atoms. The van der Waals surface area contributed by atoms with Gasteiger partial charge in [0.05, 0.1) is 12.6 Å². The molecule has 2 aliphatic rings. The Morgan fingerprint density at radius 2 is 2.06 bits per heavy atom. The minimum absolute atomic E-state index is 0.104. The number of fused-ring (bicyclic) bond motifs is 1. The first-order valence-corrected chi connectivity index (χ1v) is 11.4. The normalized spacial score (nSPS) is 17.3. The zero-order chi connectivity index (χ0) is 25.2. The Hall–Kier alpha value is -3.21. The van der Waals surface area contributed by atoms with E-state index >= 15 is 0 Å². The van der Waals surface area contributed by atoms with E-state index in [9.17, 15) is 22.8 Å². The van der Waals surface area contributed by atoms with Gasteiger partial charge in [0.1, 0.15) is 5.82 Å². The van der Waals surface area contributed by atoms with E-state index in [0.29, 0.717) is 47.7 Å². The van der Waals surface area contributed by atoms with Gasteiger partial charge < -0.3 is 19.7 Å². The summed E-state index contributed by atoms with van der Waals surface area (Å²) >= 11 is 0. The molecule has 0 aliphatic carbocycles. The fraction of sp³-hybridized carbons (Fsp3) is 0.500. The lowest BCUT2D eigenvalue weighted by Crippen LogP contribution is -2.27. The van der Waals surface area contributed by atoms with Crippen LogP contribution in [0.25, 0.3) is 0 Å². The average Bonchev–Trinajstić information content (AvgIpc) is 3.15. The van der Waals surface area contributed by atoms with Crippen LogP contribution in [0.4, 0.5) is 19.0 Å². The predicted molar refractivity (Wildman–Crippen MR) is 120 cm³/mol. The van der Waals surface area contributed by atoms with Crippen LogP contribution in [0.1, 0.15) is 59.3 Å². The molecule has 0 saturated carbocycles. The van der Waals surface area contributed by atoms with Crippen LogP contribution >= 0.6 is 0 Å². The molecule has 2 aromatic heterocycles. The Balaban J connectivity index is 1.45. The SMILES string of the molecule is Cc1cc(C(C)N2Cc3c(ccnc3NC(=O)CC3CCOCC3)C2=O)cnc1OCC(F)(F)F. The highest BCUT2D eigenvalue weighted by molar-refractivity contribution is 6.01. The van der Waals surface area contributed by atoms with Gasteiger partial charge in [-0.05, 0) is 50.3 Å². The minimum atomic E-state index is -4.46. The highest BCUT2D eigenvalue weighted by Crippen LogP contribution is 2.35. The summed E-state index contributed by atoms with van der Waals surface area (Å²) in [4.78, 5) is 35.7. The van der Waals surface area contributed by atoms with Crippen LogP contribution in [0.2, 0.25) is 0 Å². The Kier molecular flexibility index (Phi) is 7.25. The number of pyridine rings is 2. The van der Waals surface area contributed by atoms with Gasteiger partial charge in [0.2, 0.25) is 11.8 Å². The number of ether oxygens (including phenoxy) is 2. The first-order chi connectivity index (χ1) is 16.6. The average molecular weight is 492 g/mol. The smallest absolute Gasteiger partial charge is 0.422 e. The van der Waals surface area contributed by atoms with Gasteiger partial charge in [-0.15, -0.1) is 0 Å². The molecule has 0 radical (unpaired) electrons. The standard InChI is InChI=1S/C24H27F3N4O4/c1-14-9-17(11-29-22(14)35-13-24(25,26)27)15(2)31-12-19-18(23(31)33)3-6-28-21(19)30-20(32)10-16-4-7-34-8-5-16/h3,6,9,11,15-16H,4-5,7-8,10,12-13H2,1-2H3,(H,28,30,32). The number of nitrogens with one attached hydrogen (secondary N) is 1. The molecule has 1 unspecified atom stereocenters. The van der Waals surface area contributed by atoms with Crippen LogP contribution in [-0.4, -0.2) is 52.7 Å². The molecule has 4 rings (SSSR count). The molecule has 0 bridgehead atoms. The Labute approximate surface area is 200 Å². The molecular weight excluding hydrogens is 465 g/mol. The first-order valence-electron chi connectivity index (χ1n) is 11.4. The molecular formula is C24H27F3N4O4. The lowest BCUT2D eigenvalue weighted by atomic mass is 9.96. The molecule has 8 nitrogen and oxygen atoms in total. The summed E-state index contributed by atoms with van der Waals surface area (Å²) in [5.41, 5.74) is 2.19. The van der Waals surface area contributed by atoms with Gasteiger partial charge in [-0.2, -0.15) is 13.2 Å². The molecule has 4 heterocycles. The van der Waals surface area contributed by atoms with Crippen molar-refractivity contribution in [3.05, 3.63) is 46.8 Å². The third kappa shape index (κ3) is 5.90. The van der Waals surface area contributed by atoms with Crippen molar-refractivity contribution < 1.29 is 32.2 Å². The van der Waals surface area contributed by atoms with Crippen LogP contribution in [0, 0.1) is 12.8 Å². The fourth-order valence-corrected chi connectivity index (χ4v) is 4.36. The van der Waals surface area contributed by atoms with Crippen molar-refractivity contribution >= 4 is 17.6 Å². The second-order valence-electron chi connectivity index (χ2n) is 8.90. The van der Waals surface area contributed by atoms with Crippen molar-refractivity contribution in [3.8, 4) is 5.88 Å². The molecule has 2 amide bonds. The second-order valence-corrected chi connectivity index (χ2v) is 8.90. The van der Waals surface area contributed by atoms with E-state index in [2.05, 4.69) is 15.3 Å². The summed E-state index contributed by atoms with van der Waals surface area (Å²) in [7, 11) is 0. The number of carbonyl (C=O) groups is 2. The quantitative estimate of drug-likeness (QED) is 0.623. The molecule has 1 fully saturated rings. The van der Waals surface area contributed by atoms with E-state index in [1.54, 1.807) is 24.0 Å². The lowest BCUT2D eigenvalue weighted by Gasteiger charge is -2.25.